The quantitative estimate of drug-likeness (QED) is 0.429. The average Bonchev–Trinajstić information content (AvgIpc) is 2.26. The van der Waals surface area contributed by atoms with E-state index in [0.717, 1.165) is 11.1 Å². The van der Waals surface area contributed by atoms with Gasteiger partial charge in [-0.25, -0.2) is 0 Å². The van der Waals surface area contributed by atoms with Gasteiger partial charge in [0.05, 0.1) is 6.42 Å². The standard InChI is InChI=1S/C14H14O2/c1-3-12(10-14(16)9-11(2)15)13-7-5-4-6-8-13/h3-8,10H,1,9H2,2H3/b12-10+. The zero-order chi connectivity index (χ0) is 12.0. The zero-order valence-electron chi connectivity index (χ0n) is 9.27. The molecule has 0 heterocycles. The summed E-state index contributed by atoms with van der Waals surface area (Å²) in [7, 11) is 0. The highest BCUT2D eigenvalue weighted by atomic mass is 16.1. The van der Waals surface area contributed by atoms with E-state index in [4.69, 9.17) is 0 Å². The molecular weight excluding hydrogens is 200 g/mol. The van der Waals surface area contributed by atoms with Gasteiger partial charge in [0.2, 0.25) is 0 Å². The average molecular weight is 214 g/mol. The van der Waals surface area contributed by atoms with E-state index >= 15 is 0 Å². The lowest BCUT2D eigenvalue weighted by molar-refractivity contribution is -0.123. The molecule has 2 heteroatoms. The van der Waals surface area contributed by atoms with E-state index in [9.17, 15) is 9.59 Å². The van der Waals surface area contributed by atoms with Gasteiger partial charge < -0.3 is 0 Å². The Bertz CT molecular complexity index is 427. The van der Waals surface area contributed by atoms with E-state index in [2.05, 4.69) is 6.58 Å². The predicted molar refractivity (Wildman–Crippen MR) is 64.9 cm³/mol. The van der Waals surface area contributed by atoms with E-state index < -0.39 is 0 Å². The molecule has 0 aliphatic rings. The van der Waals surface area contributed by atoms with Gasteiger partial charge in [-0.05, 0) is 24.1 Å². The molecule has 0 aromatic heterocycles. The molecule has 82 valence electrons. The third-order valence-electron chi connectivity index (χ3n) is 2.07. The fourth-order valence-corrected chi connectivity index (χ4v) is 1.36. The summed E-state index contributed by atoms with van der Waals surface area (Å²) >= 11 is 0. The second-order valence-electron chi connectivity index (χ2n) is 3.51. The highest BCUT2D eigenvalue weighted by Gasteiger charge is 2.04. The van der Waals surface area contributed by atoms with Crippen molar-refractivity contribution in [2.24, 2.45) is 0 Å². The van der Waals surface area contributed by atoms with Gasteiger partial charge in [-0.3, -0.25) is 9.59 Å². The summed E-state index contributed by atoms with van der Waals surface area (Å²) in [5.41, 5.74) is 1.67. The van der Waals surface area contributed by atoms with Crippen molar-refractivity contribution in [3.63, 3.8) is 0 Å². The number of ketones is 2. The van der Waals surface area contributed by atoms with Gasteiger partial charge in [-0.1, -0.05) is 43.0 Å². The van der Waals surface area contributed by atoms with Crippen molar-refractivity contribution < 1.29 is 9.59 Å². The summed E-state index contributed by atoms with van der Waals surface area (Å²) in [4.78, 5) is 22.2. The Morgan fingerprint density at radius 2 is 1.88 bits per heavy atom. The van der Waals surface area contributed by atoms with E-state index in [0.29, 0.717) is 0 Å². The second-order valence-corrected chi connectivity index (χ2v) is 3.51. The van der Waals surface area contributed by atoms with Gasteiger partial charge in [-0.15, -0.1) is 0 Å². The second kappa shape index (κ2) is 5.81. The lowest BCUT2D eigenvalue weighted by atomic mass is 10.0. The number of allylic oxidation sites excluding steroid dienone is 3. The topological polar surface area (TPSA) is 34.1 Å². The van der Waals surface area contributed by atoms with E-state index in [1.807, 2.05) is 30.3 Å². The first kappa shape index (κ1) is 12.1. The Hall–Kier alpha value is -1.96. The van der Waals surface area contributed by atoms with Crippen LogP contribution in [-0.4, -0.2) is 11.6 Å². The van der Waals surface area contributed by atoms with Crippen LogP contribution in [0.1, 0.15) is 18.9 Å². The highest BCUT2D eigenvalue weighted by molar-refractivity contribution is 6.07. The number of hydrogen-bond donors (Lipinski definition) is 0. The predicted octanol–water partition coefficient (Wildman–Crippen LogP) is 2.80. The molecule has 0 saturated heterocycles. The molecule has 2 nitrogen and oxygen atoms in total. The largest absolute Gasteiger partial charge is 0.300 e. The van der Waals surface area contributed by atoms with Crippen molar-refractivity contribution in [1.29, 1.82) is 0 Å². The summed E-state index contributed by atoms with van der Waals surface area (Å²) in [6, 6.07) is 9.48. The number of carbonyl (C=O) groups excluding carboxylic acids is 2. The molecule has 1 aromatic rings. The summed E-state index contributed by atoms with van der Waals surface area (Å²) < 4.78 is 0. The minimum atomic E-state index is -0.189. The summed E-state index contributed by atoms with van der Waals surface area (Å²) in [5, 5.41) is 0. The minimum absolute atomic E-state index is 0.0514. The molecule has 1 rings (SSSR count). The Morgan fingerprint density at radius 3 is 2.38 bits per heavy atom. The van der Waals surface area contributed by atoms with Gasteiger partial charge in [0, 0.05) is 0 Å². The number of benzene rings is 1. The van der Waals surface area contributed by atoms with Crippen LogP contribution in [0.25, 0.3) is 5.57 Å². The molecule has 0 unspecified atom stereocenters. The molecule has 1 aromatic carbocycles. The van der Waals surface area contributed by atoms with Gasteiger partial charge in [0.1, 0.15) is 5.78 Å². The van der Waals surface area contributed by atoms with Gasteiger partial charge in [-0.2, -0.15) is 0 Å². The van der Waals surface area contributed by atoms with Crippen LogP contribution in [0, 0.1) is 0 Å². The van der Waals surface area contributed by atoms with Gasteiger partial charge >= 0.3 is 0 Å². The van der Waals surface area contributed by atoms with Crippen LogP contribution in [0.5, 0.6) is 0 Å². The van der Waals surface area contributed by atoms with Crippen molar-refractivity contribution in [2.45, 2.75) is 13.3 Å². The van der Waals surface area contributed by atoms with Crippen LogP contribution in [0.2, 0.25) is 0 Å². The normalized spacial score (nSPS) is 10.9. The monoisotopic (exact) mass is 214 g/mol. The van der Waals surface area contributed by atoms with Crippen molar-refractivity contribution >= 4 is 17.1 Å². The molecule has 0 atom stereocenters. The molecule has 0 amide bonds. The van der Waals surface area contributed by atoms with Crippen molar-refractivity contribution in [1.82, 2.24) is 0 Å². The van der Waals surface area contributed by atoms with Crippen LogP contribution in [0.3, 0.4) is 0 Å². The SMILES string of the molecule is C=C/C(=C\C(=O)CC(C)=O)c1ccccc1. The molecule has 16 heavy (non-hydrogen) atoms. The lowest BCUT2D eigenvalue weighted by Crippen LogP contribution is -2.01. The molecule has 0 saturated carbocycles. The summed E-state index contributed by atoms with van der Waals surface area (Å²) in [5.74, 6) is -0.316. The molecule has 0 aliphatic carbocycles. The molecule has 0 fully saturated rings. The Morgan fingerprint density at radius 1 is 1.25 bits per heavy atom. The molecular formula is C14H14O2. The maximum atomic E-state index is 11.5. The maximum absolute atomic E-state index is 11.5. The fourth-order valence-electron chi connectivity index (χ4n) is 1.36. The van der Waals surface area contributed by atoms with E-state index in [-0.39, 0.29) is 18.0 Å². The van der Waals surface area contributed by atoms with Crippen LogP contribution < -0.4 is 0 Å². The third-order valence-corrected chi connectivity index (χ3v) is 2.07. The zero-order valence-corrected chi connectivity index (χ0v) is 9.27. The molecule has 0 N–H and O–H groups in total. The third kappa shape index (κ3) is 3.65. The Balaban J connectivity index is 2.91. The van der Waals surface area contributed by atoms with Gasteiger partial charge in [0.25, 0.3) is 0 Å². The van der Waals surface area contributed by atoms with Crippen LogP contribution in [0.4, 0.5) is 0 Å². The molecule has 0 bridgehead atoms. The Kier molecular flexibility index (Phi) is 4.40. The molecule has 0 aliphatic heterocycles. The van der Waals surface area contributed by atoms with Crippen molar-refractivity contribution in [3.8, 4) is 0 Å². The smallest absolute Gasteiger partial charge is 0.163 e. The first-order valence-electron chi connectivity index (χ1n) is 5.05. The minimum Gasteiger partial charge on any atom is -0.300 e. The lowest BCUT2D eigenvalue weighted by Gasteiger charge is -2.01. The first-order valence-corrected chi connectivity index (χ1v) is 5.05. The highest BCUT2D eigenvalue weighted by Crippen LogP contribution is 2.15. The van der Waals surface area contributed by atoms with Crippen LogP contribution in [-0.2, 0) is 9.59 Å². The maximum Gasteiger partial charge on any atom is 0.163 e. The molecule has 0 radical (unpaired) electrons. The number of rotatable bonds is 5. The number of carbonyl (C=O) groups is 2. The van der Waals surface area contributed by atoms with Crippen molar-refractivity contribution in [2.75, 3.05) is 0 Å². The summed E-state index contributed by atoms with van der Waals surface area (Å²) in [6.45, 7) is 5.07. The van der Waals surface area contributed by atoms with Gasteiger partial charge in [0.15, 0.2) is 5.78 Å². The summed E-state index contributed by atoms with van der Waals surface area (Å²) in [6.07, 6.45) is 3.03. The van der Waals surface area contributed by atoms with Crippen LogP contribution >= 0.6 is 0 Å². The number of Topliss-reactive ketones (excluding diaryl/α,β-unsaturated/α-hetero) is 1. The first-order chi connectivity index (χ1) is 7.63. The fraction of sp³-hybridized carbons (Fsp3) is 0.143. The Labute approximate surface area is 95.3 Å². The van der Waals surface area contributed by atoms with E-state index in [1.165, 1.54) is 13.0 Å². The van der Waals surface area contributed by atoms with Crippen molar-refractivity contribution in [3.05, 3.63) is 54.6 Å². The van der Waals surface area contributed by atoms with Crippen LogP contribution in [0.15, 0.2) is 49.1 Å². The number of hydrogen-bond acceptors (Lipinski definition) is 2. The van der Waals surface area contributed by atoms with E-state index in [1.54, 1.807) is 6.08 Å². The molecule has 0 spiro atoms.